The fraction of sp³-hybridized carbons (Fsp3) is 0.333. The van der Waals surface area contributed by atoms with Gasteiger partial charge in [0.15, 0.2) is 0 Å². The quantitative estimate of drug-likeness (QED) is 0.917. The molecular weight excluding hydrogens is 240 g/mol. The number of carbonyl (C=O) groups is 1. The molecule has 0 fully saturated rings. The van der Waals surface area contributed by atoms with E-state index in [1.54, 1.807) is 13.2 Å². The second-order valence-corrected chi connectivity index (χ2v) is 5.22. The van der Waals surface area contributed by atoms with E-state index in [-0.39, 0.29) is 12.5 Å². The molecule has 0 saturated carbocycles. The maximum atomic E-state index is 12.5. The number of hydrogen-bond acceptors (Lipinski definition) is 3. The maximum Gasteiger partial charge on any atom is 0.273 e. The smallest absolute Gasteiger partial charge is 0.273 e. The summed E-state index contributed by atoms with van der Waals surface area (Å²) in [5.74, 6) is -0.184. The summed E-state index contributed by atoms with van der Waals surface area (Å²) < 4.78 is 0. The summed E-state index contributed by atoms with van der Waals surface area (Å²) in [6, 6.07) is 9.53. The predicted octanol–water partition coefficient (Wildman–Crippen LogP) is 2.08. The van der Waals surface area contributed by atoms with Crippen LogP contribution in [0.15, 0.2) is 36.5 Å². The Bertz CT molecular complexity index is 603. The van der Waals surface area contributed by atoms with Gasteiger partial charge in [-0.05, 0) is 25.3 Å². The molecule has 0 saturated heterocycles. The molecule has 0 bridgehead atoms. The molecule has 0 unspecified atom stereocenters. The Morgan fingerprint density at radius 2 is 2.00 bits per heavy atom. The number of likely N-dealkylation sites (N-methyl/N-ethyl adjacent to an activating group) is 1. The van der Waals surface area contributed by atoms with Crippen LogP contribution in [0.5, 0.6) is 0 Å². The van der Waals surface area contributed by atoms with Gasteiger partial charge in [-0.25, -0.2) is 0 Å². The molecule has 0 atom stereocenters. The zero-order valence-electron chi connectivity index (χ0n) is 11.4. The summed E-state index contributed by atoms with van der Waals surface area (Å²) in [5.41, 5.74) is -0.197. The highest BCUT2D eigenvalue weighted by molar-refractivity contribution is 6.05. The molecule has 1 aromatic carbocycles. The van der Waals surface area contributed by atoms with E-state index in [9.17, 15) is 9.90 Å². The Hall–Kier alpha value is -1.94. The normalized spacial score (nSPS) is 11.6. The fourth-order valence-corrected chi connectivity index (χ4v) is 1.83. The number of aliphatic hydroxyl groups excluding tert-OH is 1. The number of aliphatic hydroxyl groups is 1. The highest BCUT2D eigenvalue weighted by Crippen LogP contribution is 2.20. The summed E-state index contributed by atoms with van der Waals surface area (Å²) in [6.45, 7) is 3.53. The largest absolute Gasteiger partial charge is 0.394 e. The molecule has 1 aromatic heterocycles. The first-order valence-electron chi connectivity index (χ1n) is 6.20. The molecule has 100 valence electrons. The summed E-state index contributed by atoms with van der Waals surface area (Å²) >= 11 is 0. The summed E-state index contributed by atoms with van der Waals surface area (Å²) in [6.07, 6.45) is 1.63. The molecule has 0 aliphatic rings. The van der Waals surface area contributed by atoms with Gasteiger partial charge in [-0.15, -0.1) is 0 Å². The van der Waals surface area contributed by atoms with Crippen molar-refractivity contribution >= 4 is 16.7 Å². The van der Waals surface area contributed by atoms with Crippen LogP contribution in [0.3, 0.4) is 0 Å². The number of carbonyl (C=O) groups excluding carboxylic acids is 1. The molecule has 4 heteroatoms. The average molecular weight is 258 g/mol. The Morgan fingerprint density at radius 1 is 1.32 bits per heavy atom. The van der Waals surface area contributed by atoms with Gasteiger partial charge in [0.1, 0.15) is 5.69 Å². The SMILES string of the molecule is CN(C(=O)c1nccc2ccccc12)C(C)(C)CO. The minimum absolute atomic E-state index is 0.0972. The highest BCUT2D eigenvalue weighted by Gasteiger charge is 2.29. The Kier molecular flexibility index (Phi) is 3.53. The van der Waals surface area contributed by atoms with Crippen molar-refractivity contribution in [3.8, 4) is 0 Å². The van der Waals surface area contributed by atoms with Crippen LogP contribution in [-0.4, -0.2) is 40.1 Å². The molecule has 1 amide bonds. The number of pyridine rings is 1. The molecule has 4 nitrogen and oxygen atoms in total. The third kappa shape index (κ3) is 2.44. The van der Waals surface area contributed by atoms with E-state index >= 15 is 0 Å². The van der Waals surface area contributed by atoms with Gasteiger partial charge in [0.05, 0.1) is 12.1 Å². The lowest BCUT2D eigenvalue weighted by Crippen LogP contribution is -2.47. The minimum Gasteiger partial charge on any atom is -0.394 e. The summed E-state index contributed by atoms with van der Waals surface area (Å²) in [7, 11) is 1.68. The zero-order chi connectivity index (χ0) is 14.0. The van der Waals surface area contributed by atoms with E-state index in [0.29, 0.717) is 5.69 Å². The number of fused-ring (bicyclic) bond motifs is 1. The monoisotopic (exact) mass is 258 g/mol. The van der Waals surface area contributed by atoms with E-state index in [1.165, 1.54) is 4.90 Å². The molecule has 0 spiro atoms. The summed E-state index contributed by atoms with van der Waals surface area (Å²) in [4.78, 5) is 18.2. The maximum absolute atomic E-state index is 12.5. The molecule has 19 heavy (non-hydrogen) atoms. The first-order chi connectivity index (χ1) is 8.97. The van der Waals surface area contributed by atoms with Crippen LogP contribution in [0, 0.1) is 0 Å². The second-order valence-electron chi connectivity index (χ2n) is 5.22. The van der Waals surface area contributed by atoms with Gasteiger partial charge in [0, 0.05) is 18.6 Å². The van der Waals surface area contributed by atoms with Gasteiger partial charge in [0.2, 0.25) is 0 Å². The molecular formula is C15H18N2O2. The van der Waals surface area contributed by atoms with Crippen LogP contribution in [0.2, 0.25) is 0 Å². The highest BCUT2D eigenvalue weighted by atomic mass is 16.3. The van der Waals surface area contributed by atoms with Gasteiger partial charge in [-0.3, -0.25) is 9.78 Å². The van der Waals surface area contributed by atoms with Crippen LogP contribution in [0.1, 0.15) is 24.3 Å². The average Bonchev–Trinajstić information content (AvgIpc) is 2.45. The molecule has 1 heterocycles. The van der Waals surface area contributed by atoms with Crippen molar-refractivity contribution in [2.24, 2.45) is 0 Å². The van der Waals surface area contributed by atoms with E-state index in [0.717, 1.165) is 10.8 Å². The van der Waals surface area contributed by atoms with Crippen LogP contribution >= 0.6 is 0 Å². The molecule has 0 radical (unpaired) electrons. The van der Waals surface area contributed by atoms with Crippen molar-refractivity contribution in [3.05, 3.63) is 42.2 Å². The Labute approximate surface area is 112 Å². The Morgan fingerprint density at radius 3 is 2.68 bits per heavy atom. The number of benzene rings is 1. The van der Waals surface area contributed by atoms with Gasteiger partial charge in [-0.2, -0.15) is 0 Å². The van der Waals surface area contributed by atoms with E-state index in [2.05, 4.69) is 4.98 Å². The third-order valence-corrected chi connectivity index (χ3v) is 3.48. The summed E-state index contributed by atoms with van der Waals surface area (Å²) in [5, 5.41) is 11.2. The van der Waals surface area contributed by atoms with Crippen molar-refractivity contribution in [2.45, 2.75) is 19.4 Å². The number of hydrogen-bond donors (Lipinski definition) is 1. The molecule has 2 aromatic rings. The number of rotatable bonds is 3. The molecule has 2 rings (SSSR count). The second kappa shape index (κ2) is 4.97. The topological polar surface area (TPSA) is 53.4 Å². The van der Waals surface area contributed by atoms with Crippen molar-refractivity contribution in [2.75, 3.05) is 13.7 Å². The minimum atomic E-state index is -0.615. The van der Waals surface area contributed by atoms with Gasteiger partial charge >= 0.3 is 0 Å². The zero-order valence-corrected chi connectivity index (χ0v) is 11.4. The van der Waals surface area contributed by atoms with Crippen molar-refractivity contribution < 1.29 is 9.90 Å². The van der Waals surface area contributed by atoms with E-state index in [1.807, 2.05) is 44.2 Å². The van der Waals surface area contributed by atoms with Gasteiger partial charge in [-0.1, -0.05) is 24.3 Å². The first kappa shape index (κ1) is 13.5. The van der Waals surface area contributed by atoms with Crippen LogP contribution < -0.4 is 0 Å². The van der Waals surface area contributed by atoms with Crippen LogP contribution in [-0.2, 0) is 0 Å². The lowest BCUT2D eigenvalue weighted by atomic mass is 10.0. The number of nitrogens with zero attached hydrogens (tertiary/aromatic N) is 2. The van der Waals surface area contributed by atoms with Crippen molar-refractivity contribution in [1.82, 2.24) is 9.88 Å². The third-order valence-electron chi connectivity index (χ3n) is 3.48. The van der Waals surface area contributed by atoms with Crippen molar-refractivity contribution in [3.63, 3.8) is 0 Å². The van der Waals surface area contributed by atoms with Crippen LogP contribution in [0.25, 0.3) is 10.8 Å². The van der Waals surface area contributed by atoms with Gasteiger partial charge < -0.3 is 10.0 Å². The first-order valence-corrected chi connectivity index (χ1v) is 6.20. The van der Waals surface area contributed by atoms with Crippen LogP contribution in [0.4, 0.5) is 0 Å². The lowest BCUT2D eigenvalue weighted by molar-refractivity contribution is 0.0470. The molecule has 1 N–H and O–H groups in total. The number of aromatic nitrogens is 1. The number of amides is 1. The van der Waals surface area contributed by atoms with E-state index in [4.69, 9.17) is 0 Å². The fourth-order valence-electron chi connectivity index (χ4n) is 1.83. The van der Waals surface area contributed by atoms with Gasteiger partial charge in [0.25, 0.3) is 5.91 Å². The van der Waals surface area contributed by atoms with E-state index < -0.39 is 5.54 Å². The molecule has 0 aliphatic heterocycles. The standard InChI is InChI=1S/C15H18N2O2/c1-15(2,10-18)17(3)14(19)13-12-7-5-4-6-11(12)8-9-16-13/h4-9,18H,10H2,1-3H3. The predicted molar refractivity (Wildman–Crippen MR) is 75.0 cm³/mol. The Balaban J connectivity index is 2.48. The lowest BCUT2D eigenvalue weighted by Gasteiger charge is -2.33. The van der Waals surface area contributed by atoms with Crippen molar-refractivity contribution in [1.29, 1.82) is 0 Å². The molecule has 0 aliphatic carbocycles.